The third-order valence-corrected chi connectivity index (χ3v) is 8.18. The highest BCUT2D eigenvalue weighted by atomic mass is 32.2. The molecule has 5 rings (SSSR count). The Morgan fingerprint density at radius 1 is 1.16 bits per heavy atom. The minimum Gasteiger partial charge on any atom is -0.300 e. The zero-order chi connectivity index (χ0) is 22.2. The topological polar surface area (TPSA) is 79.4 Å². The fraction of sp³-hybridized carbons (Fsp3) is 0.417. The molecule has 3 amide bonds. The van der Waals surface area contributed by atoms with Gasteiger partial charge in [-0.05, 0) is 42.7 Å². The summed E-state index contributed by atoms with van der Waals surface area (Å²) in [5, 5.41) is 5.54. The smallest absolute Gasteiger partial charge is 0.249 e. The van der Waals surface area contributed by atoms with E-state index in [1.165, 1.54) is 16.2 Å². The molecule has 3 aromatic rings. The van der Waals surface area contributed by atoms with Crippen LogP contribution in [0.3, 0.4) is 0 Å². The van der Waals surface area contributed by atoms with Crippen LogP contribution in [0.5, 0.6) is 0 Å². The van der Waals surface area contributed by atoms with Crippen LogP contribution in [-0.2, 0) is 14.4 Å². The monoisotopic (exact) mass is 467 g/mol. The summed E-state index contributed by atoms with van der Waals surface area (Å²) in [6, 6.07) is 11.3. The lowest BCUT2D eigenvalue weighted by molar-refractivity contribution is -0.146. The molecule has 3 atom stereocenters. The van der Waals surface area contributed by atoms with E-state index in [9.17, 15) is 14.4 Å². The Balaban J connectivity index is 1.43. The maximum atomic E-state index is 13.3. The molecule has 1 saturated carbocycles. The number of hydrogen-bond acceptors (Lipinski definition) is 6. The van der Waals surface area contributed by atoms with Crippen molar-refractivity contribution in [1.29, 1.82) is 0 Å². The maximum Gasteiger partial charge on any atom is 0.249 e. The number of carbonyl (C=O) groups is 3. The lowest BCUT2D eigenvalue weighted by Crippen LogP contribution is -2.48. The molecule has 32 heavy (non-hydrogen) atoms. The number of nitrogens with zero attached hydrogens (tertiary/aromatic N) is 2. The quantitative estimate of drug-likeness (QED) is 0.532. The predicted molar refractivity (Wildman–Crippen MR) is 130 cm³/mol. The molecule has 1 aromatic heterocycles. The van der Waals surface area contributed by atoms with Crippen LogP contribution in [-0.4, -0.2) is 45.7 Å². The number of anilines is 1. The number of nitrogens with one attached hydrogen (secondary N) is 1. The van der Waals surface area contributed by atoms with E-state index in [-0.39, 0.29) is 29.6 Å². The van der Waals surface area contributed by atoms with Gasteiger partial charge in [0.05, 0.1) is 22.1 Å². The van der Waals surface area contributed by atoms with Crippen molar-refractivity contribution >= 4 is 66.9 Å². The van der Waals surface area contributed by atoms with Gasteiger partial charge in [-0.1, -0.05) is 54.5 Å². The van der Waals surface area contributed by atoms with Crippen LogP contribution >= 0.6 is 23.1 Å². The Bertz CT molecular complexity index is 1180. The molecule has 1 aliphatic heterocycles. The van der Waals surface area contributed by atoms with Crippen LogP contribution in [0.2, 0.25) is 0 Å². The Kier molecular flexibility index (Phi) is 5.90. The molecule has 8 heteroatoms. The van der Waals surface area contributed by atoms with Gasteiger partial charge in [-0.3, -0.25) is 19.3 Å². The van der Waals surface area contributed by atoms with E-state index < -0.39 is 6.04 Å². The molecule has 0 bridgehead atoms. The van der Waals surface area contributed by atoms with Gasteiger partial charge in [-0.25, -0.2) is 4.98 Å². The van der Waals surface area contributed by atoms with Crippen molar-refractivity contribution in [2.45, 2.75) is 38.1 Å². The standard InChI is InChI=1S/C24H25N3O3S2/c1-31-13-12-18(27-22(29)16-8-4-5-9-17(16)23(27)30)21(28)26-24-25-20-15-7-3-2-6-14(15)10-11-19(20)32-24/h2-3,6-7,10-11,16-18H,4-5,8-9,12-13H2,1H3,(H,25,26,28). The number of carbonyl (C=O) groups excluding carboxylic acids is 3. The molecule has 1 aliphatic carbocycles. The van der Waals surface area contributed by atoms with E-state index in [2.05, 4.69) is 10.3 Å². The number of benzene rings is 2. The van der Waals surface area contributed by atoms with Crippen LogP contribution in [0.15, 0.2) is 36.4 Å². The zero-order valence-electron chi connectivity index (χ0n) is 17.9. The number of fused-ring (bicyclic) bond motifs is 4. The van der Waals surface area contributed by atoms with E-state index in [0.717, 1.165) is 46.7 Å². The molecule has 0 radical (unpaired) electrons. The van der Waals surface area contributed by atoms with Gasteiger partial charge < -0.3 is 5.32 Å². The first-order valence-electron chi connectivity index (χ1n) is 11.0. The zero-order valence-corrected chi connectivity index (χ0v) is 19.5. The summed E-state index contributed by atoms with van der Waals surface area (Å²) in [6.45, 7) is 0. The lowest BCUT2D eigenvalue weighted by atomic mass is 9.81. The van der Waals surface area contributed by atoms with Crippen molar-refractivity contribution in [2.24, 2.45) is 11.8 Å². The van der Waals surface area contributed by atoms with E-state index in [1.54, 1.807) is 11.8 Å². The van der Waals surface area contributed by atoms with Crippen molar-refractivity contribution in [1.82, 2.24) is 9.88 Å². The van der Waals surface area contributed by atoms with Crippen molar-refractivity contribution in [2.75, 3.05) is 17.3 Å². The SMILES string of the molecule is CSCCC(C(=O)Nc1nc2c(ccc3ccccc32)s1)N1C(=O)C2CCCCC2C1=O. The van der Waals surface area contributed by atoms with Gasteiger partial charge in [0, 0.05) is 5.39 Å². The van der Waals surface area contributed by atoms with Crippen LogP contribution in [0, 0.1) is 11.8 Å². The van der Waals surface area contributed by atoms with E-state index in [1.807, 2.05) is 42.7 Å². The summed E-state index contributed by atoms with van der Waals surface area (Å²) in [5.74, 6) is -0.492. The Morgan fingerprint density at radius 3 is 2.59 bits per heavy atom. The first kappa shape index (κ1) is 21.4. The van der Waals surface area contributed by atoms with Gasteiger partial charge in [0.25, 0.3) is 0 Å². The summed E-state index contributed by atoms with van der Waals surface area (Å²) in [5.41, 5.74) is 0.850. The van der Waals surface area contributed by atoms with Gasteiger partial charge >= 0.3 is 0 Å². The highest BCUT2D eigenvalue weighted by molar-refractivity contribution is 7.98. The van der Waals surface area contributed by atoms with Gasteiger partial charge in [0.1, 0.15) is 6.04 Å². The first-order valence-corrected chi connectivity index (χ1v) is 13.2. The third-order valence-electron chi connectivity index (χ3n) is 6.60. The minimum atomic E-state index is -0.795. The molecule has 2 aliphatic rings. The van der Waals surface area contributed by atoms with E-state index >= 15 is 0 Å². The summed E-state index contributed by atoms with van der Waals surface area (Å²) in [4.78, 5) is 45.5. The average Bonchev–Trinajstić information content (AvgIpc) is 3.33. The van der Waals surface area contributed by atoms with Crippen molar-refractivity contribution in [3.8, 4) is 0 Å². The van der Waals surface area contributed by atoms with Gasteiger partial charge in [0.15, 0.2) is 5.13 Å². The van der Waals surface area contributed by atoms with Gasteiger partial charge in [0.2, 0.25) is 17.7 Å². The molecule has 1 saturated heterocycles. The Morgan fingerprint density at radius 2 is 1.88 bits per heavy atom. The molecule has 3 unspecified atom stereocenters. The third kappa shape index (κ3) is 3.69. The molecular formula is C24H25N3O3S2. The number of thioether (sulfide) groups is 1. The molecule has 0 spiro atoms. The summed E-state index contributed by atoms with van der Waals surface area (Å²) >= 11 is 3.01. The largest absolute Gasteiger partial charge is 0.300 e. The van der Waals surface area contributed by atoms with Crippen LogP contribution in [0.1, 0.15) is 32.1 Å². The molecule has 2 heterocycles. The van der Waals surface area contributed by atoms with Crippen molar-refractivity contribution < 1.29 is 14.4 Å². The number of imide groups is 1. The number of thiazole rings is 1. The van der Waals surface area contributed by atoms with Crippen LogP contribution in [0.25, 0.3) is 21.0 Å². The van der Waals surface area contributed by atoms with Gasteiger partial charge in [-0.2, -0.15) is 11.8 Å². The number of amides is 3. The number of hydrogen-bond donors (Lipinski definition) is 1. The second-order valence-electron chi connectivity index (χ2n) is 8.48. The van der Waals surface area contributed by atoms with Gasteiger partial charge in [-0.15, -0.1) is 0 Å². The Labute approximate surface area is 194 Å². The number of rotatable bonds is 6. The highest BCUT2D eigenvalue weighted by Crippen LogP contribution is 2.39. The number of likely N-dealkylation sites (tertiary alicyclic amines) is 1. The van der Waals surface area contributed by atoms with Crippen LogP contribution < -0.4 is 5.32 Å². The number of aromatic nitrogens is 1. The minimum absolute atomic E-state index is 0.170. The predicted octanol–water partition coefficient (Wildman–Crippen LogP) is 4.68. The lowest BCUT2D eigenvalue weighted by Gasteiger charge is -2.25. The second kappa shape index (κ2) is 8.83. The molecule has 2 aromatic carbocycles. The second-order valence-corrected chi connectivity index (χ2v) is 10.5. The van der Waals surface area contributed by atoms with Crippen molar-refractivity contribution in [3.63, 3.8) is 0 Å². The average molecular weight is 468 g/mol. The molecule has 6 nitrogen and oxygen atoms in total. The molecule has 2 fully saturated rings. The maximum absolute atomic E-state index is 13.3. The first-order chi connectivity index (χ1) is 15.6. The fourth-order valence-electron chi connectivity index (χ4n) is 5.01. The molecule has 1 N–H and O–H groups in total. The van der Waals surface area contributed by atoms with E-state index in [0.29, 0.717) is 17.3 Å². The fourth-order valence-corrected chi connectivity index (χ4v) is 6.35. The van der Waals surface area contributed by atoms with Crippen LogP contribution in [0.4, 0.5) is 5.13 Å². The molecule has 166 valence electrons. The van der Waals surface area contributed by atoms with Crippen molar-refractivity contribution in [3.05, 3.63) is 36.4 Å². The summed E-state index contributed by atoms with van der Waals surface area (Å²) < 4.78 is 0.985. The Hall–Kier alpha value is -2.45. The summed E-state index contributed by atoms with van der Waals surface area (Å²) in [7, 11) is 0. The normalized spacial score (nSPS) is 21.8. The van der Waals surface area contributed by atoms with E-state index in [4.69, 9.17) is 0 Å². The highest BCUT2D eigenvalue weighted by Gasteiger charge is 2.51. The molecular weight excluding hydrogens is 442 g/mol. The summed E-state index contributed by atoms with van der Waals surface area (Å²) in [6.07, 6.45) is 5.82.